The molecule has 1 unspecified atom stereocenters. The minimum absolute atomic E-state index is 0.210. The summed E-state index contributed by atoms with van der Waals surface area (Å²) in [4.78, 5) is 21.2. The van der Waals surface area contributed by atoms with Gasteiger partial charge in [-0.3, -0.25) is 4.99 Å². The summed E-state index contributed by atoms with van der Waals surface area (Å²) in [5.41, 5.74) is 21.4. The number of rotatable bonds is 9. The van der Waals surface area contributed by atoms with Crippen molar-refractivity contribution in [1.29, 1.82) is 0 Å². The molecule has 380 valence electrons. The van der Waals surface area contributed by atoms with Crippen LogP contribution in [0.4, 0.5) is 5.69 Å². The van der Waals surface area contributed by atoms with Crippen LogP contribution in [0.3, 0.4) is 0 Å². The maximum atomic E-state index is 5.10. The van der Waals surface area contributed by atoms with Crippen LogP contribution < -0.4 is 0 Å². The fourth-order valence-electron chi connectivity index (χ4n) is 11.9. The number of thiol groups is 1. The quantitative estimate of drug-likeness (QED) is 0.0890. The van der Waals surface area contributed by atoms with Gasteiger partial charge in [0.05, 0.1) is 36.3 Å². The Hall–Kier alpha value is -8.63. The van der Waals surface area contributed by atoms with E-state index in [0.717, 1.165) is 98.8 Å². The molecule has 1 aliphatic rings. The summed E-state index contributed by atoms with van der Waals surface area (Å²) < 4.78 is 3.56. The van der Waals surface area contributed by atoms with Crippen molar-refractivity contribution in [2.75, 3.05) is 0 Å². The molecule has 1 atom stereocenters. The van der Waals surface area contributed by atoms with Crippen molar-refractivity contribution >= 4 is 116 Å². The fraction of sp³-hybridized carbons (Fsp3) is 0.0556. The zero-order chi connectivity index (χ0) is 53.4. The number of allylic oxidation sites excluding steroid dienone is 1. The molecule has 3 aromatic heterocycles. The predicted octanol–water partition coefficient (Wildman–Crippen LogP) is 21.4. The zero-order valence-corrected chi connectivity index (χ0v) is 47.0. The molecule has 0 radical (unpaired) electrons. The molecule has 0 saturated carbocycles. The molecule has 0 N–H and O–H groups in total. The number of fused-ring (bicyclic) bond motifs is 6. The molecule has 0 spiro atoms. The molecule has 11 aromatic carbocycles. The number of nitrogens with zero attached hydrogens (tertiary/aromatic N) is 4. The number of benzene rings is 11. The molecule has 15 rings (SSSR count). The second-order valence-electron chi connectivity index (χ2n) is 20.6. The highest BCUT2D eigenvalue weighted by Crippen LogP contribution is 2.56. The van der Waals surface area contributed by atoms with Crippen LogP contribution in [0.5, 0.6) is 0 Å². The summed E-state index contributed by atoms with van der Waals surface area (Å²) >= 11 is 9.97. The molecule has 0 fully saturated rings. The number of aliphatic imine (C=N–C) groups is 1. The standard InChI is InChI=1S/C72H48N4S4/c1-42-14-13-17-54-63(42)67(48-28-26-44(27-29-48)43(2)73-55-18-5-9-22-59(55)77)69-65(46-32-38-50(39-33-46)71-75-57-20-7-11-24-61(57)79-71)53-16-4-3-15-52(53)64(45-30-36-49(37-31-45)70-74-56-19-6-10-23-60(56)78-70)68(69)66(54)47-34-40-51(41-35-47)72-76-58-21-8-12-25-62(58)80-72/h3-13,15-42,77H,14H2,1-2H3. The first-order valence-corrected chi connectivity index (χ1v) is 29.9. The third-order valence-corrected chi connectivity index (χ3v) is 19.4. The summed E-state index contributed by atoms with van der Waals surface area (Å²) in [6.07, 6.45) is 5.73. The van der Waals surface area contributed by atoms with E-state index in [9.17, 15) is 0 Å². The molecule has 4 nitrogen and oxygen atoms in total. The van der Waals surface area contributed by atoms with Crippen LogP contribution in [-0.2, 0) is 0 Å². The van der Waals surface area contributed by atoms with Crippen LogP contribution in [0.1, 0.15) is 42.9 Å². The van der Waals surface area contributed by atoms with Gasteiger partial charge >= 0.3 is 0 Å². The third-order valence-electron chi connectivity index (χ3n) is 15.7. The molecular weight excluding hydrogens is 1050 g/mol. The van der Waals surface area contributed by atoms with Crippen molar-refractivity contribution in [3.05, 3.63) is 241 Å². The van der Waals surface area contributed by atoms with Crippen LogP contribution in [0.25, 0.3) is 134 Å². The monoisotopic (exact) mass is 1100 g/mol. The molecule has 8 heteroatoms. The van der Waals surface area contributed by atoms with Gasteiger partial charge in [-0.15, -0.1) is 46.6 Å². The van der Waals surface area contributed by atoms with Crippen LogP contribution in [0.15, 0.2) is 234 Å². The lowest BCUT2D eigenvalue weighted by Gasteiger charge is -2.31. The van der Waals surface area contributed by atoms with Gasteiger partial charge in [-0.2, -0.15) is 0 Å². The normalized spacial score (nSPS) is 13.5. The molecule has 14 aromatic rings. The van der Waals surface area contributed by atoms with Gasteiger partial charge in [0, 0.05) is 27.3 Å². The van der Waals surface area contributed by atoms with E-state index < -0.39 is 0 Å². The first kappa shape index (κ1) is 48.5. The largest absolute Gasteiger partial charge is 0.252 e. The van der Waals surface area contributed by atoms with Crippen molar-refractivity contribution in [3.63, 3.8) is 0 Å². The predicted molar refractivity (Wildman–Crippen MR) is 347 cm³/mol. The maximum Gasteiger partial charge on any atom is 0.124 e. The summed E-state index contributed by atoms with van der Waals surface area (Å²) in [6.45, 7) is 4.50. The average molecular weight is 1100 g/mol. The number of para-hydroxylation sites is 4. The van der Waals surface area contributed by atoms with Crippen LogP contribution in [0, 0.1) is 0 Å². The highest BCUT2D eigenvalue weighted by molar-refractivity contribution is 7.80. The van der Waals surface area contributed by atoms with Gasteiger partial charge < -0.3 is 0 Å². The average Bonchev–Trinajstić information content (AvgIpc) is 4.42. The van der Waals surface area contributed by atoms with E-state index in [1.54, 1.807) is 34.0 Å². The lowest BCUT2D eigenvalue weighted by molar-refractivity contribution is 0.775. The Labute approximate surface area is 481 Å². The van der Waals surface area contributed by atoms with Gasteiger partial charge in [-0.25, -0.2) is 15.0 Å². The van der Waals surface area contributed by atoms with Crippen LogP contribution in [-0.4, -0.2) is 20.7 Å². The van der Waals surface area contributed by atoms with Gasteiger partial charge in [-0.1, -0.05) is 189 Å². The minimum Gasteiger partial charge on any atom is -0.252 e. The van der Waals surface area contributed by atoms with E-state index >= 15 is 0 Å². The summed E-state index contributed by atoms with van der Waals surface area (Å²) in [7, 11) is 0. The SMILES string of the molecule is CC(=Nc1ccccc1S)c1ccc(-c2c3c(c(-c4ccc(-c5nc6ccccc6s5)cc4)c4c(-c5ccc(-c6nc7ccccc7s6)cc5)c5ccccc5c(-c5ccc(-c6nc7ccccc7s6)cc5)c24)C=CCC3C)cc1. The van der Waals surface area contributed by atoms with Crippen molar-refractivity contribution in [2.24, 2.45) is 4.99 Å². The van der Waals surface area contributed by atoms with Crippen molar-refractivity contribution < 1.29 is 0 Å². The van der Waals surface area contributed by atoms with E-state index in [-0.39, 0.29) is 5.92 Å². The smallest absolute Gasteiger partial charge is 0.124 e. The number of thiazole rings is 3. The first-order chi connectivity index (χ1) is 39.4. The van der Waals surface area contributed by atoms with Crippen LogP contribution in [0.2, 0.25) is 0 Å². The van der Waals surface area contributed by atoms with Gasteiger partial charge in [0.1, 0.15) is 15.0 Å². The van der Waals surface area contributed by atoms with Crippen molar-refractivity contribution in [2.45, 2.75) is 31.1 Å². The summed E-state index contributed by atoms with van der Waals surface area (Å²) in [5, 5.41) is 7.88. The molecular formula is C72H48N4S4. The minimum atomic E-state index is 0.210. The Morgan fingerprint density at radius 2 is 0.825 bits per heavy atom. The maximum absolute atomic E-state index is 5.10. The number of hydrogen-bond acceptors (Lipinski definition) is 8. The van der Waals surface area contributed by atoms with E-state index in [2.05, 4.69) is 220 Å². The fourth-order valence-corrected chi connectivity index (χ4v) is 15.0. The Morgan fingerprint density at radius 3 is 1.30 bits per heavy atom. The number of aromatic nitrogens is 3. The lowest BCUT2D eigenvalue weighted by Crippen LogP contribution is -2.08. The van der Waals surface area contributed by atoms with Gasteiger partial charge in [0.25, 0.3) is 0 Å². The van der Waals surface area contributed by atoms with E-state index in [1.807, 2.05) is 24.3 Å². The molecule has 80 heavy (non-hydrogen) atoms. The molecule has 0 amide bonds. The first-order valence-electron chi connectivity index (χ1n) is 27.0. The molecule has 0 aliphatic heterocycles. The van der Waals surface area contributed by atoms with Crippen molar-refractivity contribution in [3.8, 4) is 76.2 Å². The van der Waals surface area contributed by atoms with Gasteiger partial charge in [-0.05, 0) is 151 Å². The molecule has 3 heterocycles. The summed E-state index contributed by atoms with van der Waals surface area (Å²) in [5.74, 6) is 0.210. The zero-order valence-electron chi connectivity index (χ0n) is 43.7. The highest BCUT2D eigenvalue weighted by atomic mass is 32.1. The number of hydrogen-bond donors (Lipinski definition) is 1. The molecule has 0 bridgehead atoms. The van der Waals surface area contributed by atoms with Crippen LogP contribution >= 0.6 is 46.6 Å². The van der Waals surface area contributed by atoms with Crippen molar-refractivity contribution in [1.82, 2.24) is 15.0 Å². The van der Waals surface area contributed by atoms with E-state index in [1.165, 1.54) is 69.0 Å². The Bertz CT molecular complexity index is 4710. The van der Waals surface area contributed by atoms with E-state index in [4.69, 9.17) is 32.6 Å². The highest BCUT2D eigenvalue weighted by Gasteiger charge is 2.31. The topological polar surface area (TPSA) is 51.0 Å². The Kier molecular flexibility index (Phi) is 12.1. The second-order valence-corrected chi connectivity index (χ2v) is 24.2. The van der Waals surface area contributed by atoms with E-state index in [0.29, 0.717) is 0 Å². The Balaban J connectivity index is 1.04. The summed E-state index contributed by atoms with van der Waals surface area (Å²) in [6, 6.07) is 79.1. The van der Waals surface area contributed by atoms with Gasteiger partial charge in [0.15, 0.2) is 0 Å². The Morgan fingerprint density at radius 1 is 0.438 bits per heavy atom. The third kappa shape index (κ3) is 8.41. The second kappa shape index (κ2) is 19.9. The van der Waals surface area contributed by atoms with Gasteiger partial charge in [0.2, 0.25) is 0 Å². The molecule has 1 aliphatic carbocycles. The molecule has 0 saturated heterocycles. The lowest BCUT2D eigenvalue weighted by atomic mass is 9.72.